The van der Waals surface area contributed by atoms with Gasteiger partial charge in [0.2, 0.25) is 5.91 Å². The zero-order valence-electron chi connectivity index (χ0n) is 10.7. The van der Waals surface area contributed by atoms with Crippen LogP contribution in [-0.4, -0.2) is 64.7 Å². The molecule has 1 atom stereocenters. The van der Waals surface area contributed by atoms with E-state index < -0.39 is 30.2 Å². The van der Waals surface area contributed by atoms with Crippen LogP contribution in [0.1, 0.15) is 12.8 Å². The lowest BCUT2D eigenvalue weighted by Crippen LogP contribution is -2.54. The van der Waals surface area contributed by atoms with Gasteiger partial charge in [0.1, 0.15) is 6.04 Å². The third-order valence-corrected chi connectivity index (χ3v) is 4.44. The Labute approximate surface area is 117 Å². The first-order valence-electron chi connectivity index (χ1n) is 6.08. The zero-order valence-corrected chi connectivity index (χ0v) is 11.5. The fourth-order valence-corrected chi connectivity index (χ4v) is 3.15. The van der Waals surface area contributed by atoms with Crippen LogP contribution in [0.3, 0.4) is 0 Å². The molecule has 0 aromatic rings. The molecule has 2 fully saturated rings. The number of carbonyl (C=O) groups is 2. The second-order valence-corrected chi connectivity index (χ2v) is 5.89. The average molecular weight is 314 g/mol. The molecule has 1 saturated heterocycles. The van der Waals surface area contributed by atoms with Crippen LogP contribution < -0.4 is 0 Å². The van der Waals surface area contributed by atoms with E-state index in [1.165, 1.54) is 11.9 Å². The van der Waals surface area contributed by atoms with E-state index in [9.17, 15) is 27.2 Å². The first kappa shape index (κ1) is 15.4. The Kier molecular flexibility index (Phi) is 4.17. The molecule has 0 bridgehead atoms. The van der Waals surface area contributed by atoms with Crippen LogP contribution in [-0.2, 0) is 9.59 Å². The van der Waals surface area contributed by atoms with E-state index in [1.807, 2.05) is 0 Å². The number of likely N-dealkylation sites (N-methyl/N-ethyl adjacent to an activating group) is 1. The van der Waals surface area contributed by atoms with Crippen molar-refractivity contribution >= 4 is 23.6 Å². The van der Waals surface area contributed by atoms with Crippen molar-refractivity contribution in [2.45, 2.75) is 37.3 Å². The van der Waals surface area contributed by atoms with Gasteiger partial charge in [-0.2, -0.15) is 8.78 Å². The number of carbonyl (C=O) groups excluding carboxylic acids is 2. The summed E-state index contributed by atoms with van der Waals surface area (Å²) in [6, 6.07) is -1.01. The molecule has 0 radical (unpaired) electrons. The Morgan fingerprint density at radius 2 is 1.95 bits per heavy atom. The molecule has 1 aliphatic heterocycles. The quantitative estimate of drug-likeness (QED) is 0.737. The number of alkyl halides is 4. The summed E-state index contributed by atoms with van der Waals surface area (Å²) in [5.74, 6) is -7.20. The summed E-state index contributed by atoms with van der Waals surface area (Å²) in [6.45, 7) is 0. The van der Waals surface area contributed by atoms with Crippen LogP contribution in [0.25, 0.3) is 0 Å². The standard InChI is InChI=1S/C11H14F4N2O2S/c1-16(6-2-3-6)8(18)7-4-20-5-17(7)10(19)11(14,15)9(12)13/h6-7,9H,2-5H2,1H3/t7-/m1/s1. The molecule has 2 amide bonds. The summed E-state index contributed by atoms with van der Waals surface area (Å²) >= 11 is 1.10. The number of hydrogen-bond acceptors (Lipinski definition) is 3. The minimum Gasteiger partial charge on any atom is -0.341 e. The SMILES string of the molecule is CN(C(=O)[C@H]1CSCN1C(=O)C(F)(F)C(F)F)C1CC1. The van der Waals surface area contributed by atoms with Crippen molar-refractivity contribution in [2.24, 2.45) is 0 Å². The predicted octanol–water partition coefficient (Wildman–Crippen LogP) is 1.41. The van der Waals surface area contributed by atoms with Crippen molar-refractivity contribution in [3.05, 3.63) is 0 Å². The first-order chi connectivity index (χ1) is 9.26. The smallest absolute Gasteiger partial charge is 0.341 e. The highest BCUT2D eigenvalue weighted by atomic mass is 32.2. The molecule has 0 N–H and O–H groups in total. The number of thioether (sulfide) groups is 1. The maximum absolute atomic E-state index is 13.1. The van der Waals surface area contributed by atoms with E-state index in [1.54, 1.807) is 0 Å². The van der Waals surface area contributed by atoms with Gasteiger partial charge in [-0.05, 0) is 12.8 Å². The second kappa shape index (κ2) is 5.42. The highest BCUT2D eigenvalue weighted by molar-refractivity contribution is 7.99. The normalized spacial score (nSPS) is 23.3. The van der Waals surface area contributed by atoms with Crippen molar-refractivity contribution < 1.29 is 27.2 Å². The molecule has 114 valence electrons. The summed E-state index contributed by atoms with van der Waals surface area (Å²) in [6.07, 6.45) is -2.40. The van der Waals surface area contributed by atoms with Crippen molar-refractivity contribution in [1.82, 2.24) is 9.80 Å². The van der Waals surface area contributed by atoms with Crippen LogP contribution in [0.5, 0.6) is 0 Å². The van der Waals surface area contributed by atoms with Gasteiger partial charge in [0.15, 0.2) is 0 Å². The van der Waals surface area contributed by atoms with E-state index >= 15 is 0 Å². The minimum atomic E-state index is -4.75. The van der Waals surface area contributed by atoms with Crippen LogP contribution >= 0.6 is 11.8 Å². The van der Waals surface area contributed by atoms with E-state index in [0.717, 1.165) is 24.6 Å². The predicted molar refractivity (Wildman–Crippen MR) is 64.7 cm³/mol. The van der Waals surface area contributed by atoms with Gasteiger partial charge in [0, 0.05) is 18.8 Å². The molecule has 0 aromatic heterocycles. The average Bonchev–Trinajstić information content (AvgIpc) is 3.13. The van der Waals surface area contributed by atoms with Crippen LogP contribution in [0, 0.1) is 0 Å². The van der Waals surface area contributed by atoms with Crippen LogP contribution in [0.2, 0.25) is 0 Å². The first-order valence-corrected chi connectivity index (χ1v) is 7.23. The van der Waals surface area contributed by atoms with Crippen molar-refractivity contribution in [3.63, 3.8) is 0 Å². The second-order valence-electron chi connectivity index (χ2n) is 4.89. The van der Waals surface area contributed by atoms with Crippen molar-refractivity contribution in [3.8, 4) is 0 Å². The Balaban J connectivity index is 2.10. The van der Waals surface area contributed by atoms with Gasteiger partial charge in [0.25, 0.3) is 0 Å². The van der Waals surface area contributed by atoms with Gasteiger partial charge < -0.3 is 9.80 Å². The molecular formula is C11H14F4N2O2S. The Morgan fingerprint density at radius 3 is 2.45 bits per heavy atom. The Hall–Kier alpha value is -0.990. The molecule has 1 heterocycles. The van der Waals surface area contributed by atoms with Gasteiger partial charge in [-0.25, -0.2) is 8.78 Å². The van der Waals surface area contributed by atoms with E-state index in [2.05, 4.69) is 0 Å². The lowest BCUT2D eigenvalue weighted by Gasteiger charge is -2.29. The van der Waals surface area contributed by atoms with Crippen LogP contribution in [0.15, 0.2) is 0 Å². The molecule has 20 heavy (non-hydrogen) atoms. The topological polar surface area (TPSA) is 40.6 Å². The summed E-state index contributed by atoms with van der Waals surface area (Å²) in [5.41, 5.74) is 0. The Morgan fingerprint density at radius 1 is 1.35 bits per heavy atom. The van der Waals surface area contributed by atoms with Crippen molar-refractivity contribution in [1.29, 1.82) is 0 Å². The van der Waals surface area contributed by atoms with E-state index in [-0.39, 0.29) is 17.7 Å². The Bertz CT molecular complexity index is 417. The third kappa shape index (κ3) is 2.72. The summed E-state index contributed by atoms with van der Waals surface area (Å²) in [5, 5.41) is 0. The summed E-state index contributed by atoms with van der Waals surface area (Å²) in [4.78, 5) is 25.6. The molecule has 9 heteroatoms. The summed E-state index contributed by atoms with van der Waals surface area (Å²) < 4.78 is 50.7. The highest BCUT2D eigenvalue weighted by Gasteiger charge is 2.54. The molecule has 2 rings (SSSR count). The van der Waals surface area contributed by atoms with Gasteiger partial charge in [0.05, 0.1) is 5.88 Å². The molecule has 1 aliphatic carbocycles. The van der Waals surface area contributed by atoms with Crippen LogP contribution in [0.4, 0.5) is 17.6 Å². The number of nitrogens with zero attached hydrogens (tertiary/aromatic N) is 2. The summed E-state index contributed by atoms with van der Waals surface area (Å²) in [7, 11) is 1.54. The lowest BCUT2D eigenvalue weighted by molar-refractivity contribution is -0.182. The molecule has 4 nitrogen and oxygen atoms in total. The molecular weight excluding hydrogens is 300 g/mol. The van der Waals surface area contributed by atoms with Gasteiger partial charge in [-0.1, -0.05) is 0 Å². The minimum absolute atomic E-state index is 0.0701. The third-order valence-electron chi connectivity index (χ3n) is 3.43. The lowest BCUT2D eigenvalue weighted by atomic mass is 10.2. The van der Waals surface area contributed by atoms with E-state index in [4.69, 9.17) is 0 Å². The van der Waals surface area contributed by atoms with Gasteiger partial charge in [-0.15, -0.1) is 11.8 Å². The number of halogens is 4. The van der Waals surface area contributed by atoms with Gasteiger partial charge in [-0.3, -0.25) is 9.59 Å². The molecule has 0 spiro atoms. The fraction of sp³-hybridized carbons (Fsp3) is 0.818. The maximum Gasteiger partial charge on any atom is 0.383 e. The zero-order chi connectivity index (χ0) is 15.1. The largest absolute Gasteiger partial charge is 0.383 e. The molecule has 0 aromatic carbocycles. The monoisotopic (exact) mass is 314 g/mol. The fourth-order valence-electron chi connectivity index (χ4n) is 2.01. The van der Waals surface area contributed by atoms with E-state index in [0.29, 0.717) is 4.90 Å². The maximum atomic E-state index is 13.1. The van der Waals surface area contributed by atoms with Gasteiger partial charge >= 0.3 is 18.3 Å². The number of rotatable bonds is 4. The number of hydrogen-bond donors (Lipinski definition) is 0. The molecule has 2 aliphatic rings. The van der Waals surface area contributed by atoms with Crippen molar-refractivity contribution in [2.75, 3.05) is 18.7 Å². The highest BCUT2D eigenvalue weighted by Crippen LogP contribution is 2.33. The molecule has 1 saturated carbocycles. The molecule has 0 unspecified atom stereocenters. The number of amides is 2.